The summed E-state index contributed by atoms with van der Waals surface area (Å²) in [6.07, 6.45) is 4.59. The Balaban J connectivity index is 2.22. The van der Waals surface area contributed by atoms with Crippen molar-refractivity contribution in [1.82, 2.24) is 9.78 Å². The van der Waals surface area contributed by atoms with Gasteiger partial charge in [-0.2, -0.15) is 5.10 Å². The highest BCUT2D eigenvalue weighted by Crippen LogP contribution is 2.34. The third-order valence-electron chi connectivity index (χ3n) is 3.30. The summed E-state index contributed by atoms with van der Waals surface area (Å²) < 4.78 is 12.6. The Morgan fingerprint density at radius 1 is 1.30 bits per heavy atom. The van der Waals surface area contributed by atoms with Crippen molar-refractivity contribution in [2.24, 2.45) is 5.73 Å². The van der Waals surface area contributed by atoms with E-state index in [9.17, 15) is 0 Å². The minimum atomic E-state index is -0.158. The van der Waals surface area contributed by atoms with Crippen molar-refractivity contribution in [3.8, 4) is 11.5 Å². The topological polar surface area (TPSA) is 62.3 Å². The van der Waals surface area contributed by atoms with E-state index < -0.39 is 0 Å². The zero-order valence-electron chi connectivity index (χ0n) is 12.2. The SMILES string of the molecule is CCn1cc(CC(N)c2cccc(OC)c2OC)cn1. The molecule has 1 heterocycles. The summed E-state index contributed by atoms with van der Waals surface area (Å²) in [6, 6.07) is 5.60. The van der Waals surface area contributed by atoms with E-state index in [1.807, 2.05) is 35.3 Å². The number of ether oxygens (including phenoxy) is 2. The Kier molecular flexibility index (Phi) is 4.63. The van der Waals surface area contributed by atoms with Crippen molar-refractivity contribution in [1.29, 1.82) is 0 Å². The van der Waals surface area contributed by atoms with E-state index in [1.165, 1.54) is 0 Å². The first-order valence-corrected chi connectivity index (χ1v) is 6.67. The second-order valence-electron chi connectivity index (χ2n) is 4.60. The molecule has 1 unspecified atom stereocenters. The Hall–Kier alpha value is -2.01. The number of aryl methyl sites for hydroxylation is 1. The number of methoxy groups -OCH3 is 2. The van der Waals surface area contributed by atoms with Gasteiger partial charge in [0.2, 0.25) is 0 Å². The van der Waals surface area contributed by atoms with E-state index in [2.05, 4.69) is 12.0 Å². The minimum Gasteiger partial charge on any atom is -0.493 e. The fraction of sp³-hybridized carbons (Fsp3) is 0.400. The second kappa shape index (κ2) is 6.43. The number of hydrogen-bond acceptors (Lipinski definition) is 4. The van der Waals surface area contributed by atoms with Crippen molar-refractivity contribution in [2.45, 2.75) is 25.9 Å². The summed E-state index contributed by atoms with van der Waals surface area (Å²) in [6.45, 7) is 2.92. The van der Waals surface area contributed by atoms with Gasteiger partial charge in [0, 0.05) is 24.3 Å². The minimum absolute atomic E-state index is 0.158. The number of aromatic nitrogens is 2. The highest BCUT2D eigenvalue weighted by atomic mass is 16.5. The highest BCUT2D eigenvalue weighted by Gasteiger charge is 2.16. The zero-order chi connectivity index (χ0) is 14.5. The van der Waals surface area contributed by atoms with Crippen molar-refractivity contribution in [3.63, 3.8) is 0 Å². The van der Waals surface area contributed by atoms with Crippen LogP contribution in [0.4, 0.5) is 0 Å². The lowest BCUT2D eigenvalue weighted by atomic mass is 10.0. The summed E-state index contributed by atoms with van der Waals surface area (Å²) in [5.74, 6) is 1.40. The van der Waals surface area contributed by atoms with Crippen LogP contribution in [0.5, 0.6) is 11.5 Å². The van der Waals surface area contributed by atoms with Gasteiger partial charge in [-0.15, -0.1) is 0 Å². The van der Waals surface area contributed by atoms with Crippen molar-refractivity contribution in [3.05, 3.63) is 41.7 Å². The van der Waals surface area contributed by atoms with E-state index in [1.54, 1.807) is 14.2 Å². The largest absolute Gasteiger partial charge is 0.493 e. The summed E-state index contributed by atoms with van der Waals surface area (Å²) in [7, 11) is 3.25. The molecule has 0 aliphatic rings. The fourth-order valence-corrected chi connectivity index (χ4v) is 2.25. The lowest BCUT2D eigenvalue weighted by Gasteiger charge is -2.17. The van der Waals surface area contributed by atoms with Gasteiger partial charge in [-0.3, -0.25) is 4.68 Å². The van der Waals surface area contributed by atoms with Crippen LogP contribution in [0.1, 0.15) is 24.1 Å². The number of rotatable bonds is 6. The smallest absolute Gasteiger partial charge is 0.165 e. The molecule has 0 saturated carbocycles. The number of para-hydroxylation sites is 1. The predicted octanol–water partition coefficient (Wildman–Crippen LogP) is 2.16. The van der Waals surface area contributed by atoms with E-state index in [4.69, 9.17) is 15.2 Å². The maximum Gasteiger partial charge on any atom is 0.165 e. The number of nitrogens with zero attached hydrogens (tertiary/aromatic N) is 2. The molecule has 0 saturated heterocycles. The van der Waals surface area contributed by atoms with Gasteiger partial charge < -0.3 is 15.2 Å². The molecule has 5 heteroatoms. The van der Waals surface area contributed by atoms with Crippen LogP contribution >= 0.6 is 0 Å². The summed E-state index contributed by atoms with van der Waals surface area (Å²) in [5.41, 5.74) is 8.36. The van der Waals surface area contributed by atoms with Crippen LogP contribution in [0.15, 0.2) is 30.6 Å². The van der Waals surface area contributed by atoms with Gasteiger partial charge in [0.15, 0.2) is 11.5 Å². The lowest BCUT2D eigenvalue weighted by molar-refractivity contribution is 0.349. The molecule has 0 aliphatic carbocycles. The molecule has 2 rings (SSSR count). The standard InChI is InChI=1S/C15H21N3O2/c1-4-18-10-11(9-17-18)8-13(16)12-6-5-7-14(19-2)15(12)20-3/h5-7,9-10,13H,4,8,16H2,1-3H3. The number of hydrogen-bond donors (Lipinski definition) is 1. The lowest BCUT2D eigenvalue weighted by Crippen LogP contribution is -2.14. The summed E-state index contributed by atoms with van der Waals surface area (Å²) in [4.78, 5) is 0. The Morgan fingerprint density at radius 3 is 2.70 bits per heavy atom. The molecular weight excluding hydrogens is 254 g/mol. The van der Waals surface area contributed by atoms with E-state index in [0.717, 1.165) is 17.7 Å². The van der Waals surface area contributed by atoms with Gasteiger partial charge in [-0.05, 0) is 25.0 Å². The number of benzene rings is 1. The molecule has 0 fully saturated rings. The normalized spacial score (nSPS) is 12.2. The molecule has 1 aromatic carbocycles. The van der Waals surface area contributed by atoms with Gasteiger partial charge in [-0.25, -0.2) is 0 Å². The molecule has 2 aromatic rings. The quantitative estimate of drug-likeness (QED) is 0.877. The van der Waals surface area contributed by atoms with Crippen LogP contribution in [0.2, 0.25) is 0 Å². The first-order chi connectivity index (χ1) is 9.69. The van der Waals surface area contributed by atoms with Crippen LogP contribution in [-0.4, -0.2) is 24.0 Å². The van der Waals surface area contributed by atoms with E-state index in [-0.39, 0.29) is 6.04 Å². The van der Waals surface area contributed by atoms with Gasteiger partial charge in [-0.1, -0.05) is 12.1 Å². The van der Waals surface area contributed by atoms with Gasteiger partial charge in [0.25, 0.3) is 0 Å². The van der Waals surface area contributed by atoms with Gasteiger partial charge in [0.05, 0.1) is 20.4 Å². The van der Waals surface area contributed by atoms with Crippen molar-refractivity contribution < 1.29 is 9.47 Å². The van der Waals surface area contributed by atoms with E-state index >= 15 is 0 Å². The molecule has 2 N–H and O–H groups in total. The molecule has 0 spiro atoms. The van der Waals surface area contributed by atoms with Crippen LogP contribution < -0.4 is 15.2 Å². The molecule has 20 heavy (non-hydrogen) atoms. The van der Waals surface area contributed by atoms with Gasteiger partial charge in [0.1, 0.15) is 0 Å². The maximum atomic E-state index is 6.31. The average molecular weight is 275 g/mol. The van der Waals surface area contributed by atoms with Crippen LogP contribution in [-0.2, 0) is 13.0 Å². The third-order valence-corrected chi connectivity index (χ3v) is 3.30. The van der Waals surface area contributed by atoms with Crippen LogP contribution in [0, 0.1) is 0 Å². The molecule has 108 valence electrons. The molecular formula is C15H21N3O2. The first kappa shape index (κ1) is 14.4. The Bertz CT molecular complexity index is 566. The maximum absolute atomic E-state index is 6.31. The molecule has 1 atom stereocenters. The summed E-state index contributed by atoms with van der Waals surface area (Å²) >= 11 is 0. The van der Waals surface area contributed by atoms with Crippen molar-refractivity contribution in [2.75, 3.05) is 14.2 Å². The van der Waals surface area contributed by atoms with Gasteiger partial charge >= 0.3 is 0 Å². The molecule has 1 aromatic heterocycles. The van der Waals surface area contributed by atoms with Crippen LogP contribution in [0.25, 0.3) is 0 Å². The average Bonchev–Trinajstić information content (AvgIpc) is 2.93. The predicted molar refractivity (Wildman–Crippen MR) is 78.1 cm³/mol. The fourth-order valence-electron chi connectivity index (χ4n) is 2.25. The highest BCUT2D eigenvalue weighted by molar-refractivity contribution is 5.48. The van der Waals surface area contributed by atoms with E-state index in [0.29, 0.717) is 17.9 Å². The summed E-state index contributed by atoms with van der Waals surface area (Å²) in [5, 5.41) is 4.26. The van der Waals surface area contributed by atoms with Crippen LogP contribution in [0.3, 0.4) is 0 Å². The first-order valence-electron chi connectivity index (χ1n) is 6.67. The number of nitrogens with two attached hydrogens (primary N) is 1. The van der Waals surface area contributed by atoms with Crippen molar-refractivity contribution >= 4 is 0 Å². The Morgan fingerprint density at radius 2 is 2.10 bits per heavy atom. The monoisotopic (exact) mass is 275 g/mol. The second-order valence-corrected chi connectivity index (χ2v) is 4.60. The Labute approximate surface area is 119 Å². The third kappa shape index (κ3) is 2.93. The molecule has 5 nitrogen and oxygen atoms in total. The molecule has 0 radical (unpaired) electrons. The zero-order valence-corrected chi connectivity index (χ0v) is 12.2. The molecule has 0 bridgehead atoms. The molecule has 0 amide bonds. The molecule has 0 aliphatic heterocycles.